The lowest BCUT2D eigenvalue weighted by atomic mass is 10.2. The molecule has 0 spiro atoms. The quantitative estimate of drug-likeness (QED) is 0.804. The summed E-state index contributed by atoms with van der Waals surface area (Å²) in [6, 6.07) is 7.97. The van der Waals surface area contributed by atoms with Gasteiger partial charge in [-0.15, -0.1) is 11.3 Å². The first-order valence-corrected chi connectivity index (χ1v) is 7.36. The van der Waals surface area contributed by atoms with Crippen molar-refractivity contribution in [1.29, 1.82) is 0 Å². The number of aryl methyl sites for hydroxylation is 1. The molecule has 21 heavy (non-hydrogen) atoms. The molecule has 0 aliphatic carbocycles. The number of nitrogens with two attached hydrogens (primary N) is 1. The Labute approximate surface area is 127 Å². The van der Waals surface area contributed by atoms with Gasteiger partial charge in [-0.2, -0.15) is 5.10 Å². The number of nitrogens with zero attached hydrogens (tertiary/aromatic N) is 3. The Morgan fingerprint density at radius 1 is 1.29 bits per heavy atom. The van der Waals surface area contributed by atoms with E-state index in [4.69, 9.17) is 10.5 Å². The van der Waals surface area contributed by atoms with Crippen LogP contribution in [-0.2, 0) is 6.54 Å². The van der Waals surface area contributed by atoms with Gasteiger partial charge in [-0.1, -0.05) is 12.1 Å². The number of thiazole rings is 1. The average Bonchev–Trinajstić information content (AvgIpc) is 3.06. The van der Waals surface area contributed by atoms with E-state index in [9.17, 15) is 0 Å². The third-order valence-electron chi connectivity index (χ3n) is 3.22. The number of anilines is 1. The van der Waals surface area contributed by atoms with Crippen molar-refractivity contribution in [2.24, 2.45) is 0 Å². The van der Waals surface area contributed by atoms with Gasteiger partial charge >= 0.3 is 0 Å². The molecular formula is C15H16N4OS. The van der Waals surface area contributed by atoms with Gasteiger partial charge in [0, 0.05) is 16.6 Å². The highest BCUT2D eigenvalue weighted by Crippen LogP contribution is 2.28. The van der Waals surface area contributed by atoms with Crippen LogP contribution in [0.1, 0.15) is 10.4 Å². The molecule has 0 atom stereocenters. The van der Waals surface area contributed by atoms with E-state index in [2.05, 4.69) is 10.1 Å². The highest BCUT2D eigenvalue weighted by molar-refractivity contribution is 7.15. The van der Waals surface area contributed by atoms with Crippen molar-refractivity contribution in [3.8, 4) is 17.0 Å². The fourth-order valence-corrected chi connectivity index (χ4v) is 2.89. The molecule has 0 amide bonds. The molecule has 2 N–H and O–H groups in total. The lowest BCUT2D eigenvalue weighted by molar-refractivity contribution is 0.414. The maximum Gasteiger partial charge on any atom is 0.180 e. The summed E-state index contributed by atoms with van der Waals surface area (Å²) in [5.74, 6) is 0.855. The van der Waals surface area contributed by atoms with Crippen LogP contribution in [0.15, 0.2) is 36.7 Å². The molecule has 0 aliphatic heterocycles. The summed E-state index contributed by atoms with van der Waals surface area (Å²) in [6.45, 7) is 2.73. The van der Waals surface area contributed by atoms with Crippen LogP contribution < -0.4 is 10.5 Å². The summed E-state index contributed by atoms with van der Waals surface area (Å²) in [7, 11) is 1.66. The lowest BCUT2D eigenvalue weighted by Crippen LogP contribution is -1.99. The van der Waals surface area contributed by atoms with Crippen LogP contribution in [0.25, 0.3) is 11.3 Å². The van der Waals surface area contributed by atoms with Crippen LogP contribution in [0.2, 0.25) is 0 Å². The maximum absolute atomic E-state index is 5.74. The first-order valence-electron chi connectivity index (χ1n) is 6.54. The molecule has 108 valence electrons. The van der Waals surface area contributed by atoms with E-state index in [1.807, 2.05) is 48.3 Å². The van der Waals surface area contributed by atoms with Crippen molar-refractivity contribution in [2.75, 3.05) is 12.8 Å². The Bertz CT molecular complexity index is 745. The van der Waals surface area contributed by atoms with E-state index >= 15 is 0 Å². The van der Waals surface area contributed by atoms with Gasteiger partial charge < -0.3 is 10.5 Å². The molecule has 6 heteroatoms. The van der Waals surface area contributed by atoms with E-state index < -0.39 is 0 Å². The second-order valence-electron chi connectivity index (χ2n) is 4.73. The highest BCUT2D eigenvalue weighted by Gasteiger charge is 2.10. The van der Waals surface area contributed by atoms with Crippen molar-refractivity contribution in [1.82, 2.24) is 14.8 Å². The zero-order valence-electron chi connectivity index (χ0n) is 11.9. The van der Waals surface area contributed by atoms with E-state index in [0.717, 1.165) is 21.9 Å². The zero-order chi connectivity index (χ0) is 14.8. The molecule has 0 unspecified atom stereocenters. The summed E-state index contributed by atoms with van der Waals surface area (Å²) >= 11 is 1.50. The van der Waals surface area contributed by atoms with Crippen LogP contribution in [0.4, 0.5) is 5.13 Å². The predicted octanol–water partition coefficient (Wildman–Crippen LogP) is 2.95. The van der Waals surface area contributed by atoms with Gasteiger partial charge in [-0.3, -0.25) is 4.68 Å². The summed E-state index contributed by atoms with van der Waals surface area (Å²) in [5.41, 5.74) is 8.82. The zero-order valence-corrected chi connectivity index (χ0v) is 12.7. The Kier molecular flexibility index (Phi) is 3.62. The van der Waals surface area contributed by atoms with Crippen LogP contribution >= 0.6 is 11.3 Å². The van der Waals surface area contributed by atoms with Crippen molar-refractivity contribution >= 4 is 16.5 Å². The van der Waals surface area contributed by atoms with Crippen molar-refractivity contribution in [3.63, 3.8) is 0 Å². The molecule has 3 aromatic rings. The molecule has 2 heterocycles. The monoisotopic (exact) mass is 300 g/mol. The number of hydrogen-bond acceptors (Lipinski definition) is 5. The first-order chi connectivity index (χ1) is 10.2. The van der Waals surface area contributed by atoms with Crippen LogP contribution in [0.3, 0.4) is 0 Å². The lowest BCUT2D eigenvalue weighted by Gasteiger charge is -2.03. The van der Waals surface area contributed by atoms with Gasteiger partial charge in [-0.05, 0) is 24.6 Å². The number of methoxy groups -OCH3 is 1. The molecule has 2 aromatic heterocycles. The van der Waals surface area contributed by atoms with E-state index in [1.165, 1.54) is 16.9 Å². The van der Waals surface area contributed by atoms with Gasteiger partial charge in [0.05, 0.1) is 25.5 Å². The number of nitrogen functional groups attached to an aromatic ring is 1. The molecule has 1 aromatic carbocycles. The summed E-state index contributed by atoms with van der Waals surface area (Å²) in [4.78, 5) is 5.46. The second-order valence-corrected chi connectivity index (χ2v) is 5.97. The third-order valence-corrected chi connectivity index (χ3v) is 4.02. The molecule has 0 fully saturated rings. The van der Waals surface area contributed by atoms with Gasteiger partial charge in [0.2, 0.25) is 0 Å². The summed E-state index contributed by atoms with van der Waals surface area (Å²) < 4.78 is 7.05. The fraction of sp³-hybridized carbons (Fsp3) is 0.200. The Morgan fingerprint density at radius 3 is 2.67 bits per heavy atom. The van der Waals surface area contributed by atoms with Crippen LogP contribution in [-0.4, -0.2) is 21.9 Å². The molecule has 0 saturated carbocycles. The molecule has 0 radical (unpaired) electrons. The summed E-state index contributed by atoms with van der Waals surface area (Å²) in [6.07, 6.45) is 3.82. The molecule has 0 bridgehead atoms. The maximum atomic E-state index is 5.74. The largest absolute Gasteiger partial charge is 0.497 e. The van der Waals surface area contributed by atoms with E-state index in [0.29, 0.717) is 11.7 Å². The number of rotatable bonds is 4. The SMILES string of the molecule is COc1ccc(Cn2cc(-c3nc(N)sc3C)cn2)cc1. The van der Waals surface area contributed by atoms with Gasteiger partial charge in [0.15, 0.2) is 5.13 Å². The van der Waals surface area contributed by atoms with E-state index in [1.54, 1.807) is 7.11 Å². The predicted molar refractivity (Wildman–Crippen MR) is 84.6 cm³/mol. The third kappa shape index (κ3) is 2.90. The van der Waals surface area contributed by atoms with Crippen LogP contribution in [0.5, 0.6) is 5.75 Å². The Morgan fingerprint density at radius 2 is 2.05 bits per heavy atom. The van der Waals surface area contributed by atoms with Gasteiger partial charge in [0.25, 0.3) is 0 Å². The summed E-state index contributed by atoms with van der Waals surface area (Å²) in [5, 5.41) is 4.98. The second kappa shape index (κ2) is 5.57. The topological polar surface area (TPSA) is 66.0 Å². The minimum atomic E-state index is 0.588. The number of benzene rings is 1. The number of hydrogen-bond donors (Lipinski definition) is 1. The average molecular weight is 300 g/mol. The Hall–Kier alpha value is -2.34. The fourth-order valence-electron chi connectivity index (χ4n) is 2.18. The van der Waals surface area contributed by atoms with Crippen molar-refractivity contribution < 1.29 is 4.74 Å². The van der Waals surface area contributed by atoms with Crippen molar-refractivity contribution in [2.45, 2.75) is 13.5 Å². The smallest absolute Gasteiger partial charge is 0.180 e. The standard InChI is InChI=1S/C15H16N4OS/c1-10-14(18-15(16)21-10)12-7-17-19(9-12)8-11-3-5-13(20-2)6-4-11/h3-7,9H,8H2,1-2H3,(H2,16,18). The number of aromatic nitrogens is 3. The van der Waals surface area contributed by atoms with Crippen molar-refractivity contribution in [3.05, 3.63) is 47.1 Å². The minimum Gasteiger partial charge on any atom is -0.497 e. The highest BCUT2D eigenvalue weighted by atomic mass is 32.1. The molecular weight excluding hydrogens is 284 g/mol. The molecule has 5 nitrogen and oxygen atoms in total. The molecule has 0 aliphatic rings. The minimum absolute atomic E-state index is 0.588. The van der Waals surface area contributed by atoms with Gasteiger partial charge in [0.1, 0.15) is 5.75 Å². The number of ether oxygens (including phenoxy) is 1. The van der Waals surface area contributed by atoms with Crippen LogP contribution in [0, 0.1) is 6.92 Å². The molecule has 0 saturated heterocycles. The first kappa shape index (κ1) is 13.6. The molecule has 3 rings (SSSR count). The normalized spacial score (nSPS) is 10.8. The Balaban J connectivity index is 1.80. The van der Waals surface area contributed by atoms with E-state index in [-0.39, 0.29) is 0 Å². The van der Waals surface area contributed by atoms with Gasteiger partial charge in [-0.25, -0.2) is 4.98 Å².